The van der Waals surface area contributed by atoms with Gasteiger partial charge in [0.15, 0.2) is 0 Å². The maximum atomic E-state index is 11.8. The molecular weight excluding hydrogens is 198 g/mol. The summed E-state index contributed by atoms with van der Waals surface area (Å²) >= 11 is 5.99. The Labute approximate surface area is 90.6 Å². The topological polar surface area (TPSA) is 20.3 Å². The highest BCUT2D eigenvalue weighted by Crippen LogP contribution is 2.30. The third-order valence-electron chi connectivity index (χ3n) is 3.47. The van der Waals surface area contributed by atoms with Gasteiger partial charge in [0.25, 0.3) is 0 Å². The van der Waals surface area contributed by atoms with E-state index in [0.29, 0.717) is 17.2 Å². The second-order valence-electron chi connectivity index (χ2n) is 4.56. The van der Waals surface area contributed by atoms with Crippen molar-refractivity contribution in [1.82, 2.24) is 4.90 Å². The van der Waals surface area contributed by atoms with Crippen LogP contribution in [0.15, 0.2) is 0 Å². The summed E-state index contributed by atoms with van der Waals surface area (Å²) < 4.78 is 0. The van der Waals surface area contributed by atoms with E-state index in [1.807, 2.05) is 4.90 Å². The molecule has 1 saturated carbocycles. The van der Waals surface area contributed by atoms with E-state index in [2.05, 4.69) is 0 Å². The fourth-order valence-corrected chi connectivity index (χ4v) is 2.37. The van der Waals surface area contributed by atoms with E-state index >= 15 is 0 Å². The van der Waals surface area contributed by atoms with Crippen LogP contribution in [-0.2, 0) is 4.79 Å². The van der Waals surface area contributed by atoms with E-state index in [9.17, 15) is 4.79 Å². The van der Waals surface area contributed by atoms with E-state index in [-0.39, 0.29) is 0 Å². The van der Waals surface area contributed by atoms with Crippen LogP contribution in [0, 0.1) is 5.92 Å². The van der Waals surface area contributed by atoms with Gasteiger partial charge in [0, 0.05) is 24.9 Å². The van der Waals surface area contributed by atoms with E-state index in [1.165, 1.54) is 19.3 Å². The third-order valence-corrected chi connectivity index (χ3v) is 3.90. The maximum Gasteiger partial charge on any atom is 0.222 e. The van der Waals surface area contributed by atoms with E-state index in [0.717, 1.165) is 32.4 Å². The van der Waals surface area contributed by atoms with Gasteiger partial charge in [-0.25, -0.2) is 0 Å². The minimum atomic E-state index is 0.294. The number of rotatable bonds is 2. The molecule has 1 aliphatic carbocycles. The van der Waals surface area contributed by atoms with Crippen LogP contribution in [0.3, 0.4) is 0 Å². The smallest absolute Gasteiger partial charge is 0.222 e. The lowest BCUT2D eigenvalue weighted by Gasteiger charge is -2.32. The number of carbonyl (C=O) groups is 1. The Morgan fingerprint density at radius 2 is 1.86 bits per heavy atom. The highest BCUT2D eigenvalue weighted by molar-refractivity contribution is 6.20. The van der Waals surface area contributed by atoms with Crippen molar-refractivity contribution in [2.75, 3.05) is 13.1 Å². The average molecular weight is 216 g/mol. The van der Waals surface area contributed by atoms with Gasteiger partial charge < -0.3 is 4.90 Å². The van der Waals surface area contributed by atoms with Crippen LogP contribution >= 0.6 is 11.6 Å². The molecule has 1 heterocycles. The standard InChI is InChI=1S/C11H18ClNO/c12-10-4-6-13(7-5-10)11(14)8-9-2-1-3-9/h9-10H,1-8H2. The van der Waals surface area contributed by atoms with Crippen LogP contribution in [0.5, 0.6) is 0 Å². The molecule has 3 heteroatoms. The second-order valence-corrected chi connectivity index (χ2v) is 5.17. The molecule has 2 nitrogen and oxygen atoms in total. The van der Waals surface area contributed by atoms with Crippen LogP contribution < -0.4 is 0 Å². The van der Waals surface area contributed by atoms with Crippen LogP contribution in [0.25, 0.3) is 0 Å². The van der Waals surface area contributed by atoms with Gasteiger partial charge in [-0.2, -0.15) is 0 Å². The molecule has 0 aromatic heterocycles. The molecule has 0 atom stereocenters. The van der Waals surface area contributed by atoms with Crippen molar-refractivity contribution in [1.29, 1.82) is 0 Å². The van der Waals surface area contributed by atoms with Gasteiger partial charge in [0.2, 0.25) is 5.91 Å². The van der Waals surface area contributed by atoms with Crippen molar-refractivity contribution in [3.8, 4) is 0 Å². The Bertz CT molecular complexity index is 207. The third kappa shape index (κ3) is 2.41. The summed E-state index contributed by atoms with van der Waals surface area (Å²) in [5.74, 6) is 1.05. The zero-order valence-corrected chi connectivity index (χ0v) is 9.30. The van der Waals surface area contributed by atoms with Crippen molar-refractivity contribution in [2.45, 2.75) is 43.9 Å². The first-order valence-electron chi connectivity index (χ1n) is 5.67. The first-order valence-corrected chi connectivity index (χ1v) is 6.11. The first kappa shape index (κ1) is 10.3. The minimum Gasteiger partial charge on any atom is -0.343 e. The van der Waals surface area contributed by atoms with E-state index in [1.54, 1.807) is 0 Å². The number of likely N-dealkylation sites (tertiary alicyclic amines) is 1. The zero-order valence-electron chi connectivity index (χ0n) is 8.54. The molecule has 1 aliphatic heterocycles. The van der Waals surface area contributed by atoms with Gasteiger partial charge in [0.1, 0.15) is 0 Å². The predicted molar refractivity (Wildman–Crippen MR) is 57.4 cm³/mol. The lowest BCUT2D eigenvalue weighted by molar-refractivity contribution is -0.133. The van der Waals surface area contributed by atoms with Crippen molar-refractivity contribution in [3.05, 3.63) is 0 Å². The van der Waals surface area contributed by atoms with Gasteiger partial charge in [-0.1, -0.05) is 6.42 Å². The zero-order chi connectivity index (χ0) is 9.97. The molecule has 0 radical (unpaired) electrons. The molecular formula is C11H18ClNO. The minimum absolute atomic E-state index is 0.294. The summed E-state index contributed by atoms with van der Waals surface area (Å²) in [5, 5.41) is 0.294. The number of piperidine rings is 1. The molecule has 2 fully saturated rings. The van der Waals surface area contributed by atoms with E-state index < -0.39 is 0 Å². The Morgan fingerprint density at radius 3 is 2.36 bits per heavy atom. The van der Waals surface area contributed by atoms with Crippen LogP contribution in [0.1, 0.15) is 38.5 Å². The number of hydrogen-bond donors (Lipinski definition) is 0. The molecule has 2 aliphatic rings. The number of halogens is 1. The van der Waals surface area contributed by atoms with Crippen LogP contribution in [0.4, 0.5) is 0 Å². The Hall–Kier alpha value is -0.240. The summed E-state index contributed by atoms with van der Waals surface area (Å²) in [4.78, 5) is 13.8. The lowest BCUT2D eigenvalue weighted by Crippen LogP contribution is -2.40. The molecule has 1 saturated heterocycles. The number of hydrogen-bond acceptors (Lipinski definition) is 1. The largest absolute Gasteiger partial charge is 0.343 e. The number of nitrogens with zero attached hydrogens (tertiary/aromatic N) is 1. The van der Waals surface area contributed by atoms with Gasteiger partial charge in [-0.3, -0.25) is 4.79 Å². The summed E-state index contributed by atoms with van der Waals surface area (Å²) in [7, 11) is 0. The van der Waals surface area contributed by atoms with Gasteiger partial charge in [-0.15, -0.1) is 11.6 Å². The summed E-state index contributed by atoms with van der Waals surface area (Å²) in [6.45, 7) is 1.75. The van der Waals surface area contributed by atoms with Crippen molar-refractivity contribution < 1.29 is 4.79 Å². The highest BCUT2D eigenvalue weighted by atomic mass is 35.5. The molecule has 0 bridgehead atoms. The number of carbonyl (C=O) groups excluding carboxylic acids is 1. The Kier molecular flexibility index (Phi) is 3.32. The molecule has 0 aromatic rings. The monoisotopic (exact) mass is 215 g/mol. The van der Waals surface area contributed by atoms with Crippen molar-refractivity contribution >= 4 is 17.5 Å². The molecule has 2 rings (SSSR count). The van der Waals surface area contributed by atoms with Crippen LogP contribution in [-0.4, -0.2) is 29.3 Å². The normalized spacial score (nSPS) is 24.8. The van der Waals surface area contributed by atoms with E-state index in [4.69, 9.17) is 11.6 Å². The average Bonchev–Trinajstić information content (AvgIpc) is 2.12. The predicted octanol–water partition coefficient (Wildman–Crippen LogP) is 2.41. The summed E-state index contributed by atoms with van der Waals surface area (Å²) in [5.41, 5.74) is 0. The quantitative estimate of drug-likeness (QED) is 0.648. The van der Waals surface area contributed by atoms with Crippen molar-refractivity contribution in [2.24, 2.45) is 5.92 Å². The second kappa shape index (κ2) is 4.52. The Balaban J connectivity index is 1.74. The fourth-order valence-electron chi connectivity index (χ4n) is 2.17. The number of amides is 1. The first-order chi connectivity index (χ1) is 6.75. The summed E-state index contributed by atoms with van der Waals surface area (Å²) in [6.07, 6.45) is 6.57. The molecule has 0 aromatic carbocycles. The highest BCUT2D eigenvalue weighted by Gasteiger charge is 2.26. The van der Waals surface area contributed by atoms with Crippen molar-refractivity contribution in [3.63, 3.8) is 0 Å². The molecule has 1 amide bonds. The molecule has 80 valence electrons. The number of alkyl halides is 1. The van der Waals surface area contributed by atoms with Gasteiger partial charge in [0.05, 0.1) is 0 Å². The molecule has 0 spiro atoms. The molecule has 14 heavy (non-hydrogen) atoms. The Morgan fingerprint density at radius 1 is 1.21 bits per heavy atom. The summed E-state index contributed by atoms with van der Waals surface area (Å²) in [6, 6.07) is 0. The lowest BCUT2D eigenvalue weighted by atomic mass is 9.82. The van der Waals surface area contributed by atoms with Gasteiger partial charge in [-0.05, 0) is 31.6 Å². The SMILES string of the molecule is O=C(CC1CCC1)N1CCC(Cl)CC1. The fraction of sp³-hybridized carbons (Fsp3) is 0.909. The molecule has 0 unspecified atom stereocenters. The van der Waals surface area contributed by atoms with Crippen LogP contribution in [0.2, 0.25) is 0 Å². The molecule has 0 N–H and O–H groups in total. The maximum absolute atomic E-state index is 11.8. The van der Waals surface area contributed by atoms with Gasteiger partial charge >= 0.3 is 0 Å².